The van der Waals surface area contributed by atoms with Crippen LogP contribution in [0.3, 0.4) is 0 Å². The van der Waals surface area contributed by atoms with Crippen molar-refractivity contribution < 1.29 is 28.5 Å². The van der Waals surface area contributed by atoms with Crippen molar-refractivity contribution in [1.82, 2.24) is 4.90 Å². The number of carbonyl (C=O) groups excluding carboxylic acids is 2. The molecule has 2 unspecified atom stereocenters. The third-order valence-electron chi connectivity index (χ3n) is 3.16. The smallest absolute Gasteiger partial charge is 0.308 e. The first-order valence-corrected chi connectivity index (χ1v) is 6.37. The Morgan fingerprint density at radius 1 is 1.26 bits per heavy atom. The van der Waals surface area contributed by atoms with Gasteiger partial charge in [0, 0.05) is 13.1 Å². The molecule has 0 aromatic carbocycles. The molecular formula is C12H19NO6. The fraction of sp³-hybridized carbons (Fsp3) is 0.833. The van der Waals surface area contributed by atoms with Gasteiger partial charge < -0.3 is 23.8 Å². The van der Waals surface area contributed by atoms with Crippen LogP contribution < -0.4 is 0 Å². The molecule has 7 nitrogen and oxygen atoms in total. The van der Waals surface area contributed by atoms with Crippen LogP contribution in [-0.4, -0.2) is 75.6 Å². The minimum absolute atomic E-state index is 0.0992. The van der Waals surface area contributed by atoms with Gasteiger partial charge in [0.25, 0.3) is 5.91 Å². The molecule has 19 heavy (non-hydrogen) atoms. The van der Waals surface area contributed by atoms with E-state index in [1.165, 1.54) is 7.11 Å². The molecule has 2 aliphatic rings. The molecule has 1 amide bonds. The molecule has 2 atom stereocenters. The van der Waals surface area contributed by atoms with Crippen molar-refractivity contribution in [2.75, 3.05) is 46.6 Å². The Balaban J connectivity index is 1.85. The molecular weight excluding hydrogens is 254 g/mol. The van der Waals surface area contributed by atoms with Crippen molar-refractivity contribution >= 4 is 11.9 Å². The van der Waals surface area contributed by atoms with Crippen molar-refractivity contribution in [3.05, 3.63) is 0 Å². The standard InChI is InChI=1S/C12H19NO6/c1-16-11(14)6-9-7-13(2-3-18-9)12(15)10-8-17-4-5-19-10/h9-10H,2-8H2,1H3. The van der Waals surface area contributed by atoms with E-state index in [4.69, 9.17) is 14.2 Å². The van der Waals surface area contributed by atoms with Gasteiger partial charge in [-0.25, -0.2) is 0 Å². The molecule has 0 N–H and O–H groups in total. The second-order valence-electron chi connectivity index (χ2n) is 4.49. The maximum absolute atomic E-state index is 12.2. The van der Waals surface area contributed by atoms with E-state index in [-0.39, 0.29) is 31.0 Å². The Hall–Kier alpha value is -1.18. The molecule has 0 radical (unpaired) electrons. The van der Waals surface area contributed by atoms with Gasteiger partial charge in [-0.3, -0.25) is 9.59 Å². The molecule has 2 saturated heterocycles. The van der Waals surface area contributed by atoms with Crippen LogP contribution in [0.4, 0.5) is 0 Å². The van der Waals surface area contributed by atoms with E-state index in [2.05, 4.69) is 4.74 Å². The van der Waals surface area contributed by atoms with E-state index in [0.717, 1.165) is 0 Å². The van der Waals surface area contributed by atoms with Crippen LogP contribution >= 0.6 is 0 Å². The quantitative estimate of drug-likeness (QED) is 0.626. The van der Waals surface area contributed by atoms with Crippen LogP contribution in [0.25, 0.3) is 0 Å². The first-order chi connectivity index (χ1) is 9.20. The predicted molar refractivity (Wildman–Crippen MR) is 63.5 cm³/mol. The molecule has 108 valence electrons. The van der Waals surface area contributed by atoms with Crippen LogP contribution in [0, 0.1) is 0 Å². The number of ether oxygens (including phenoxy) is 4. The van der Waals surface area contributed by atoms with Crippen LogP contribution in [0.2, 0.25) is 0 Å². The summed E-state index contributed by atoms with van der Waals surface area (Å²) in [6.07, 6.45) is -0.692. The Morgan fingerprint density at radius 2 is 2.11 bits per heavy atom. The first kappa shape index (κ1) is 14.2. The number of carbonyl (C=O) groups is 2. The Morgan fingerprint density at radius 3 is 2.79 bits per heavy atom. The summed E-state index contributed by atoms with van der Waals surface area (Å²) in [6.45, 7) is 2.56. The van der Waals surface area contributed by atoms with E-state index in [1.807, 2.05) is 0 Å². The molecule has 0 saturated carbocycles. The highest BCUT2D eigenvalue weighted by atomic mass is 16.6. The Kier molecular flexibility index (Phi) is 5.12. The third-order valence-corrected chi connectivity index (χ3v) is 3.16. The second-order valence-corrected chi connectivity index (χ2v) is 4.49. The highest BCUT2D eigenvalue weighted by molar-refractivity contribution is 5.81. The zero-order valence-corrected chi connectivity index (χ0v) is 11.0. The molecule has 0 aliphatic carbocycles. The normalized spacial score (nSPS) is 27.9. The maximum atomic E-state index is 12.2. The molecule has 7 heteroatoms. The van der Waals surface area contributed by atoms with Gasteiger partial charge in [0.2, 0.25) is 0 Å². The summed E-state index contributed by atoms with van der Waals surface area (Å²) in [7, 11) is 1.33. The molecule has 0 bridgehead atoms. The lowest BCUT2D eigenvalue weighted by Gasteiger charge is -2.35. The van der Waals surface area contributed by atoms with Gasteiger partial charge in [0.05, 0.1) is 46.1 Å². The second kappa shape index (κ2) is 6.83. The molecule has 2 aliphatic heterocycles. The summed E-state index contributed by atoms with van der Waals surface area (Å²) in [6, 6.07) is 0. The molecule has 0 spiro atoms. The van der Waals surface area contributed by atoms with Crippen LogP contribution in [0.5, 0.6) is 0 Å². The van der Waals surface area contributed by atoms with Crippen LogP contribution in [0.1, 0.15) is 6.42 Å². The molecule has 2 fully saturated rings. The Labute approximate surface area is 111 Å². The van der Waals surface area contributed by atoms with Gasteiger partial charge in [0.1, 0.15) is 0 Å². The lowest BCUT2D eigenvalue weighted by molar-refractivity contribution is -0.166. The highest BCUT2D eigenvalue weighted by Crippen LogP contribution is 2.13. The zero-order valence-electron chi connectivity index (χ0n) is 11.0. The van der Waals surface area contributed by atoms with E-state index < -0.39 is 6.10 Å². The fourth-order valence-electron chi connectivity index (χ4n) is 2.15. The monoisotopic (exact) mass is 273 g/mol. The number of nitrogens with zero attached hydrogens (tertiary/aromatic N) is 1. The van der Waals surface area contributed by atoms with E-state index >= 15 is 0 Å². The predicted octanol–water partition coefficient (Wildman–Crippen LogP) is -0.808. The zero-order chi connectivity index (χ0) is 13.7. The van der Waals surface area contributed by atoms with Crippen LogP contribution in [0.15, 0.2) is 0 Å². The molecule has 0 aromatic heterocycles. The average Bonchev–Trinajstić information content (AvgIpc) is 2.47. The van der Waals surface area contributed by atoms with Crippen molar-refractivity contribution in [1.29, 1.82) is 0 Å². The SMILES string of the molecule is COC(=O)CC1CN(C(=O)C2COCCO2)CCO1. The minimum Gasteiger partial charge on any atom is -0.469 e. The average molecular weight is 273 g/mol. The number of morpholine rings is 1. The van der Waals surface area contributed by atoms with Gasteiger partial charge in [-0.05, 0) is 0 Å². The van der Waals surface area contributed by atoms with Crippen molar-refractivity contribution in [2.24, 2.45) is 0 Å². The van der Waals surface area contributed by atoms with E-state index in [1.54, 1.807) is 4.90 Å². The minimum atomic E-state index is -0.536. The van der Waals surface area contributed by atoms with Crippen molar-refractivity contribution in [3.63, 3.8) is 0 Å². The molecule has 2 rings (SSSR count). The first-order valence-electron chi connectivity index (χ1n) is 6.37. The topological polar surface area (TPSA) is 74.3 Å². The van der Waals surface area contributed by atoms with Crippen molar-refractivity contribution in [2.45, 2.75) is 18.6 Å². The number of esters is 1. The lowest BCUT2D eigenvalue weighted by atomic mass is 10.2. The largest absolute Gasteiger partial charge is 0.469 e. The third kappa shape index (κ3) is 3.89. The highest BCUT2D eigenvalue weighted by Gasteiger charge is 2.32. The summed E-state index contributed by atoms with van der Waals surface area (Å²) in [5, 5.41) is 0. The van der Waals surface area contributed by atoms with Crippen LogP contribution in [-0.2, 0) is 28.5 Å². The van der Waals surface area contributed by atoms with E-state index in [0.29, 0.717) is 32.9 Å². The maximum Gasteiger partial charge on any atom is 0.308 e. The van der Waals surface area contributed by atoms with Gasteiger partial charge in [-0.1, -0.05) is 0 Å². The summed E-state index contributed by atoms with van der Waals surface area (Å²) in [5.41, 5.74) is 0. The van der Waals surface area contributed by atoms with Gasteiger partial charge in [-0.15, -0.1) is 0 Å². The Bertz CT molecular complexity index is 328. The van der Waals surface area contributed by atoms with Crippen molar-refractivity contribution in [3.8, 4) is 0 Å². The fourth-order valence-corrected chi connectivity index (χ4v) is 2.15. The van der Waals surface area contributed by atoms with E-state index in [9.17, 15) is 9.59 Å². The number of hydrogen-bond acceptors (Lipinski definition) is 6. The molecule has 0 aromatic rings. The lowest BCUT2D eigenvalue weighted by Crippen LogP contribution is -2.52. The van der Waals surface area contributed by atoms with Gasteiger partial charge >= 0.3 is 5.97 Å². The summed E-state index contributed by atoms with van der Waals surface area (Å²) in [5.74, 6) is -0.436. The summed E-state index contributed by atoms with van der Waals surface area (Å²) in [4.78, 5) is 25.1. The number of hydrogen-bond donors (Lipinski definition) is 0. The summed E-state index contributed by atoms with van der Waals surface area (Å²) < 4.78 is 20.7. The number of methoxy groups -OCH3 is 1. The van der Waals surface area contributed by atoms with Gasteiger partial charge in [0.15, 0.2) is 6.10 Å². The molecule has 2 heterocycles. The number of amides is 1. The van der Waals surface area contributed by atoms with Gasteiger partial charge in [-0.2, -0.15) is 0 Å². The number of rotatable bonds is 3. The summed E-state index contributed by atoms with van der Waals surface area (Å²) >= 11 is 0.